The third kappa shape index (κ3) is 3.93. The van der Waals surface area contributed by atoms with Crippen LogP contribution < -0.4 is 5.32 Å². The molecule has 1 heterocycles. The van der Waals surface area contributed by atoms with E-state index >= 15 is 0 Å². The predicted octanol–water partition coefficient (Wildman–Crippen LogP) is 1.58. The van der Waals surface area contributed by atoms with E-state index in [4.69, 9.17) is 0 Å². The molecular formula is C13H26N2O2S. The van der Waals surface area contributed by atoms with Crippen LogP contribution in [0.1, 0.15) is 45.4 Å². The second-order valence-corrected chi connectivity index (χ2v) is 7.65. The number of hydrogen-bond donors (Lipinski definition) is 1. The molecule has 4 nitrogen and oxygen atoms in total. The number of hydrogen-bond acceptors (Lipinski definition) is 3. The van der Waals surface area contributed by atoms with Crippen molar-refractivity contribution in [2.75, 3.05) is 25.4 Å². The van der Waals surface area contributed by atoms with Crippen molar-refractivity contribution in [2.24, 2.45) is 5.92 Å². The highest BCUT2D eigenvalue weighted by Crippen LogP contribution is 2.30. The highest BCUT2D eigenvalue weighted by molar-refractivity contribution is 7.89. The van der Waals surface area contributed by atoms with Gasteiger partial charge in [-0.2, -0.15) is 4.31 Å². The van der Waals surface area contributed by atoms with Crippen molar-refractivity contribution in [3.63, 3.8) is 0 Å². The Hall–Kier alpha value is -0.130. The molecule has 1 N–H and O–H groups in total. The number of unbranched alkanes of at least 4 members (excludes halogenated alkanes) is 1. The highest BCUT2D eigenvalue weighted by atomic mass is 32.2. The highest BCUT2D eigenvalue weighted by Gasteiger charge is 2.37. The minimum absolute atomic E-state index is 0.312. The zero-order valence-electron chi connectivity index (χ0n) is 11.4. The van der Waals surface area contributed by atoms with E-state index in [1.165, 1.54) is 0 Å². The van der Waals surface area contributed by atoms with E-state index < -0.39 is 10.0 Å². The molecule has 2 rings (SSSR count). The van der Waals surface area contributed by atoms with Gasteiger partial charge in [-0.05, 0) is 51.1 Å². The summed E-state index contributed by atoms with van der Waals surface area (Å²) in [5.41, 5.74) is 0. The molecule has 1 saturated carbocycles. The quantitative estimate of drug-likeness (QED) is 0.767. The molecule has 0 spiro atoms. The van der Waals surface area contributed by atoms with Gasteiger partial charge in [0.2, 0.25) is 10.0 Å². The molecule has 0 amide bonds. The topological polar surface area (TPSA) is 49.4 Å². The molecule has 0 aromatic carbocycles. The Labute approximate surface area is 111 Å². The SMILES string of the molecule is CCCCN(C1CC1)S(=O)(=O)CC1CCCNC1. The normalized spacial score (nSPS) is 25.6. The maximum Gasteiger partial charge on any atom is 0.214 e. The van der Waals surface area contributed by atoms with Crippen molar-refractivity contribution in [3.05, 3.63) is 0 Å². The molecule has 106 valence electrons. The molecule has 5 heteroatoms. The predicted molar refractivity (Wildman–Crippen MR) is 74.0 cm³/mol. The fourth-order valence-corrected chi connectivity index (χ4v) is 4.83. The lowest BCUT2D eigenvalue weighted by Gasteiger charge is -2.27. The van der Waals surface area contributed by atoms with Gasteiger partial charge in [0.25, 0.3) is 0 Å². The van der Waals surface area contributed by atoms with Gasteiger partial charge in [-0.15, -0.1) is 0 Å². The van der Waals surface area contributed by atoms with Crippen molar-refractivity contribution < 1.29 is 8.42 Å². The zero-order chi connectivity index (χ0) is 13.0. The van der Waals surface area contributed by atoms with E-state index in [0.29, 0.717) is 17.7 Å². The van der Waals surface area contributed by atoms with Crippen LogP contribution in [-0.2, 0) is 10.0 Å². The van der Waals surface area contributed by atoms with Crippen LogP contribution in [0.25, 0.3) is 0 Å². The van der Waals surface area contributed by atoms with E-state index in [-0.39, 0.29) is 0 Å². The lowest BCUT2D eigenvalue weighted by molar-refractivity contribution is 0.369. The van der Waals surface area contributed by atoms with Crippen LogP contribution in [0.3, 0.4) is 0 Å². The zero-order valence-corrected chi connectivity index (χ0v) is 12.2. The van der Waals surface area contributed by atoms with E-state index in [1.54, 1.807) is 4.31 Å². The minimum Gasteiger partial charge on any atom is -0.316 e. The summed E-state index contributed by atoms with van der Waals surface area (Å²) >= 11 is 0. The maximum absolute atomic E-state index is 12.5. The Morgan fingerprint density at radius 2 is 2.06 bits per heavy atom. The van der Waals surface area contributed by atoms with Crippen molar-refractivity contribution in [3.8, 4) is 0 Å². The lowest BCUT2D eigenvalue weighted by atomic mass is 10.0. The second kappa shape index (κ2) is 6.35. The molecular weight excluding hydrogens is 248 g/mol. The molecule has 0 aromatic heterocycles. The average molecular weight is 274 g/mol. The number of sulfonamides is 1. The van der Waals surface area contributed by atoms with Gasteiger partial charge in [0.15, 0.2) is 0 Å². The summed E-state index contributed by atoms with van der Waals surface area (Å²) in [4.78, 5) is 0. The van der Waals surface area contributed by atoms with Crippen molar-refractivity contribution in [1.29, 1.82) is 0 Å². The Kier molecular flexibility index (Phi) is 5.04. The van der Waals surface area contributed by atoms with Crippen molar-refractivity contribution >= 4 is 10.0 Å². The summed E-state index contributed by atoms with van der Waals surface area (Å²) in [7, 11) is -3.04. The molecule has 2 aliphatic rings. The van der Waals surface area contributed by atoms with Crippen LogP contribution >= 0.6 is 0 Å². The standard InChI is InChI=1S/C13H26N2O2S/c1-2-3-9-15(13-6-7-13)18(16,17)11-12-5-4-8-14-10-12/h12-14H,2-11H2,1H3. The van der Waals surface area contributed by atoms with Crippen LogP contribution in [0, 0.1) is 5.92 Å². The molecule has 2 fully saturated rings. The second-order valence-electron chi connectivity index (χ2n) is 5.69. The summed E-state index contributed by atoms with van der Waals surface area (Å²) in [5, 5.41) is 3.30. The Bertz CT molecular complexity index is 346. The largest absolute Gasteiger partial charge is 0.316 e. The van der Waals surface area contributed by atoms with Crippen LogP contribution in [-0.4, -0.2) is 44.2 Å². The third-order valence-electron chi connectivity index (χ3n) is 3.89. The first-order chi connectivity index (χ1) is 8.63. The summed E-state index contributed by atoms with van der Waals surface area (Å²) in [6.07, 6.45) is 6.33. The number of nitrogens with one attached hydrogen (secondary N) is 1. The summed E-state index contributed by atoms with van der Waals surface area (Å²) in [6, 6.07) is 0.318. The van der Waals surface area contributed by atoms with Crippen molar-refractivity contribution in [2.45, 2.75) is 51.5 Å². The average Bonchev–Trinajstić information content (AvgIpc) is 3.14. The van der Waals surface area contributed by atoms with Gasteiger partial charge in [0.1, 0.15) is 0 Å². The van der Waals surface area contributed by atoms with Gasteiger partial charge in [-0.25, -0.2) is 8.42 Å². The molecule has 1 aliphatic carbocycles. The Morgan fingerprint density at radius 1 is 1.28 bits per heavy atom. The van der Waals surface area contributed by atoms with Crippen molar-refractivity contribution in [1.82, 2.24) is 9.62 Å². The Morgan fingerprint density at radius 3 is 2.61 bits per heavy atom. The molecule has 1 saturated heterocycles. The monoisotopic (exact) mass is 274 g/mol. The van der Waals surface area contributed by atoms with Gasteiger partial charge < -0.3 is 5.32 Å². The van der Waals surface area contributed by atoms with Gasteiger partial charge in [0.05, 0.1) is 5.75 Å². The first-order valence-electron chi connectivity index (χ1n) is 7.33. The van der Waals surface area contributed by atoms with E-state index in [2.05, 4.69) is 12.2 Å². The molecule has 0 bridgehead atoms. The number of piperidine rings is 1. The van der Waals surface area contributed by atoms with Crippen LogP contribution in [0.4, 0.5) is 0 Å². The van der Waals surface area contributed by atoms with Crippen LogP contribution in [0.2, 0.25) is 0 Å². The van der Waals surface area contributed by atoms with E-state index in [1.807, 2.05) is 0 Å². The summed E-state index contributed by atoms with van der Waals surface area (Å²) in [6.45, 7) is 4.75. The molecule has 1 aliphatic heterocycles. The van der Waals surface area contributed by atoms with Gasteiger partial charge in [-0.1, -0.05) is 13.3 Å². The van der Waals surface area contributed by atoms with E-state index in [0.717, 1.165) is 58.2 Å². The summed E-state index contributed by atoms with van der Waals surface area (Å²) < 4.78 is 26.8. The fraction of sp³-hybridized carbons (Fsp3) is 1.00. The first kappa shape index (κ1) is 14.3. The van der Waals surface area contributed by atoms with E-state index in [9.17, 15) is 8.42 Å². The van der Waals surface area contributed by atoms with Crippen LogP contribution in [0.5, 0.6) is 0 Å². The molecule has 1 atom stereocenters. The first-order valence-corrected chi connectivity index (χ1v) is 8.94. The van der Waals surface area contributed by atoms with Gasteiger partial charge in [-0.3, -0.25) is 0 Å². The molecule has 0 radical (unpaired) electrons. The third-order valence-corrected chi connectivity index (χ3v) is 5.98. The smallest absolute Gasteiger partial charge is 0.214 e. The lowest BCUT2D eigenvalue weighted by Crippen LogP contribution is -2.41. The minimum atomic E-state index is -3.04. The van der Waals surface area contributed by atoms with Gasteiger partial charge in [0, 0.05) is 12.6 Å². The summed E-state index contributed by atoms with van der Waals surface area (Å²) in [5.74, 6) is 0.659. The number of rotatable bonds is 7. The number of nitrogens with zero attached hydrogens (tertiary/aromatic N) is 1. The van der Waals surface area contributed by atoms with Crippen LogP contribution in [0.15, 0.2) is 0 Å². The molecule has 1 unspecified atom stereocenters. The maximum atomic E-state index is 12.5. The van der Waals surface area contributed by atoms with Gasteiger partial charge >= 0.3 is 0 Å². The molecule has 18 heavy (non-hydrogen) atoms. The fourth-order valence-electron chi connectivity index (χ4n) is 2.69. The molecule has 0 aromatic rings. The Balaban J connectivity index is 1.93.